The lowest BCUT2D eigenvalue weighted by Crippen LogP contribution is -2.44. The van der Waals surface area contributed by atoms with Crippen molar-refractivity contribution in [1.29, 1.82) is 0 Å². The SMILES string of the molecule is NNC(CSc1cccc(Br)c1)C1CCOCC1. The molecule has 1 unspecified atom stereocenters. The molecule has 0 bridgehead atoms. The fourth-order valence-corrected chi connectivity index (χ4v) is 3.86. The average Bonchev–Trinajstić information content (AvgIpc) is 2.41. The van der Waals surface area contributed by atoms with Crippen molar-refractivity contribution < 1.29 is 4.74 Å². The molecule has 0 radical (unpaired) electrons. The summed E-state index contributed by atoms with van der Waals surface area (Å²) in [6, 6.07) is 8.74. The molecular formula is C13H19BrN2OS. The van der Waals surface area contributed by atoms with Crippen molar-refractivity contribution in [2.45, 2.75) is 23.8 Å². The number of hydrazine groups is 1. The first-order valence-electron chi connectivity index (χ1n) is 6.22. The summed E-state index contributed by atoms with van der Waals surface area (Å²) in [7, 11) is 0. The summed E-state index contributed by atoms with van der Waals surface area (Å²) >= 11 is 5.34. The topological polar surface area (TPSA) is 47.3 Å². The van der Waals surface area contributed by atoms with Gasteiger partial charge >= 0.3 is 0 Å². The van der Waals surface area contributed by atoms with E-state index in [0.717, 1.165) is 36.3 Å². The summed E-state index contributed by atoms with van der Waals surface area (Å²) < 4.78 is 6.51. The highest BCUT2D eigenvalue weighted by atomic mass is 79.9. The molecule has 3 N–H and O–H groups in total. The molecule has 1 atom stereocenters. The summed E-state index contributed by atoms with van der Waals surface area (Å²) in [6.07, 6.45) is 2.21. The van der Waals surface area contributed by atoms with Crippen LogP contribution in [0.15, 0.2) is 33.6 Å². The Kier molecular flexibility index (Phi) is 5.98. The second-order valence-electron chi connectivity index (χ2n) is 4.49. The van der Waals surface area contributed by atoms with Crippen LogP contribution in [0.25, 0.3) is 0 Å². The molecule has 1 aliphatic rings. The Hall–Kier alpha value is -0.0700. The van der Waals surface area contributed by atoms with Crippen LogP contribution in [0.3, 0.4) is 0 Å². The van der Waals surface area contributed by atoms with Gasteiger partial charge in [0.05, 0.1) is 0 Å². The van der Waals surface area contributed by atoms with Crippen LogP contribution < -0.4 is 11.3 Å². The number of ether oxygens (including phenoxy) is 1. The Labute approximate surface area is 121 Å². The van der Waals surface area contributed by atoms with Gasteiger partial charge in [0.25, 0.3) is 0 Å². The minimum Gasteiger partial charge on any atom is -0.381 e. The number of halogens is 1. The molecule has 1 aromatic carbocycles. The number of thioether (sulfide) groups is 1. The maximum atomic E-state index is 5.68. The van der Waals surface area contributed by atoms with Crippen LogP contribution in [0, 0.1) is 5.92 Å². The van der Waals surface area contributed by atoms with Gasteiger partial charge in [0.15, 0.2) is 0 Å². The number of rotatable bonds is 5. The third-order valence-electron chi connectivity index (χ3n) is 3.27. The highest BCUT2D eigenvalue weighted by molar-refractivity contribution is 9.10. The van der Waals surface area contributed by atoms with Gasteiger partial charge < -0.3 is 4.74 Å². The van der Waals surface area contributed by atoms with E-state index >= 15 is 0 Å². The molecule has 1 fully saturated rings. The van der Waals surface area contributed by atoms with E-state index in [1.807, 2.05) is 17.8 Å². The van der Waals surface area contributed by atoms with Gasteiger partial charge in [-0.3, -0.25) is 11.3 Å². The Morgan fingerprint density at radius 1 is 1.44 bits per heavy atom. The van der Waals surface area contributed by atoms with Crippen molar-refractivity contribution in [3.05, 3.63) is 28.7 Å². The zero-order chi connectivity index (χ0) is 12.8. The first-order chi connectivity index (χ1) is 8.79. The van der Waals surface area contributed by atoms with Crippen molar-refractivity contribution in [2.75, 3.05) is 19.0 Å². The van der Waals surface area contributed by atoms with Crippen molar-refractivity contribution in [3.8, 4) is 0 Å². The van der Waals surface area contributed by atoms with E-state index in [9.17, 15) is 0 Å². The first kappa shape index (κ1) is 14.3. The summed E-state index contributed by atoms with van der Waals surface area (Å²) in [5, 5.41) is 0. The third kappa shape index (κ3) is 4.24. The molecular weight excluding hydrogens is 312 g/mol. The standard InChI is InChI=1S/C13H19BrN2OS/c14-11-2-1-3-12(8-11)18-9-13(16-15)10-4-6-17-7-5-10/h1-3,8,10,13,16H,4-7,9,15H2. The number of hydrogen-bond donors (Lipinski definition) is 2. The Morgan fingerprint density at radius 2 is 2.22 bits per heavy atom. The van der Waals surface area contributed by atoms with Crippen LogP contribution in [0.4, 0.5) is 0 Å². The molecule has 0 amide bonds. The maximum Gasteiger partial charge on any atom is 0.0469 e. The van der Waals surface area contributed by atoms with Crippen LogP contribution in [0.2, 0.25) is 0 Å². The van der Waals surface area contributed by atoms with Crippen LogP contribution in [0.1, 0.15) is 12.8 Å². The fourth-order valence-electron chi connectivity index (χ4n) is 2.18. The minimum absolute atomic E-state index is 0.359. The lowest BCUT2D eigenvalue weighted by atomic mass is 9.93. The average molecular weight is 331 g/mol. The van der Waals surface area contributed by atoms with Gasteiger partial charge in [0.2, 0.25) is 0 Å². The van der Waals surface area contributed by atoms with Crippen LogP contribution in [-0.2, 0) is 4.74 Å². The van der Waals surface area contributed by atoms with Gasteiger partial charge in [-0.15, -0.1) is 11.8 Å². The van der Waals surface area contributed by atoms with Gasteiger partial charge in [-0.1, -0.05) is 22.0 Å². The normalized spacial score (nSPS) is 18.8. The van der Waals surface area contributed by atoms with E-state index in [0.29, 0.717) is 12.0 Å². The van der Waals surface area contributed by atoms with E-state index in [2.05, 4.69) is 39.6 Å². The quantitative estimate of drug-likeness (QED) is 0.495. The molecule has 0 aliphatic carbocycles. The Morgan fingerprint density at radius 3 is 2.89 bits per heavy atom. The molecule has 5 heteroatoms. The fraction of sp³-hybridized carbons (Fsp3) is 0.538. The molecule has 0 aromatic heterocycles. The molecule has 2 rings (SSSR count). The van der Waals surface area contributed by atoms with Crippen molar-refractivity contribution >= 4 is 27.7 Å². The lowest BCUT2D eigenvalue weighted by molar-refractivity contribution is 0.0566. The maximum absolute atomic E-state index is 5.68. The predicted octanol–water partition coefficient (Wildman–Crippen LogP) is 2.80. The van der Waals surface area contributed by atoms with Gasteiger partial charge in [-0.05, 0) is 37.0 Å². The zero-order valence-corrected chi connectivity index (χ0v) is 12.7. The van der Waals surface area contributed by atoms with Crippen LogP contribution in [-0.4, -0.2) is 25.0 Å². The lowest BCUT2D eigenvalue weighted by Gasteiger charge is -2.29. The van der Waals surface area contributed by atoms with Gasteiger partial charge in [0, 0.05) is 34.4 Å². The van der Waals surface area contributed by atoms with E-state index in [4.69, 9.17) is 10.6 Å². The molecule has 0 spiro atoms. The molecule has 0 saturated carbocycles. The smallest absolute Gasteiger partial charge is 0.0469 e. The molecule has 1 heterocycles. The molecule has 1 aromatic rings. The summed E-state index contributed by atoms with van der Waals surface area (Å²) in [5.74, 6) is 7.31. The minimum atomic E-state index is 0.359. The molecule has 100 valence electrons. The van der Waals surface area contributed by atoms with E-state index in [1.165, 1.54) is 4.90 Å². The van der Waals surface area contributed by atoms with Gasteiger partial charge in [0.1, 0.15) is 0 Å². The molecule has 1 saturated heterocycles. The van der Waals surface area contributed by atoms with E-state index in [1.54, 1.807) is 0 Å². The van der Waals surface area contributed by atoms with Crippen molar-refractivity contribution in [1.82, 2.24) is 5.43 Å². The number of benzene rings is 1. The van der Waals surface area contributed by atoms with Gasteiger partial charge in [-0.2, -0.15) is 0 Å². The number of nitrogens with two attached hydrogens (primary N) is 1. The van der Waals surface area contributed by atoms with Gasteiger partial charge in [-0.25, -0.2) is 0 Å². The highest BCUT2D eigenvalue weighted by Gasteiger charge is 2.23. The Balaban J connectivity index is 1.86. The largest absolute Gasteiger partial charge is 0.381 e. The summed E-state index contributed by atoms with van der Waals surface area (Å²) in [5.41, 5.74) is 2.97. The summed E-state index contributed by atoms with van der Waals surface area (Å²) in [6.45, 7) is 1.73. The second kappa shape index (κ2) is 7.50. The predicted molar refractivity (Wildman–Crippen MR) is 79.5 cm³/mol. The van der Waals surface area contributed by atoms with Crippen LogP contribution >= 0.6 is 27.7 Å². The van der Waals surface area contributed by atoms with Crippen LogP contribution in [0.5, 0.6) is 0 Å². The number of nitrogens with one attached hydrogen (secondary N) is 1. The van der Waals surface area contributed by atoms with E-state index < -0.39 is 0 Å². The Bertz CT molecular complexity index is 372. The molecule has 3 nitrogen and oxygen atoms in total. The van der Waals surface area contributed by atoms with E-state index in [-0.39, 0.29) is 0 Å². The first-order valence-corrected chi connectivity index (χ1v) is 7.99. The third-order valence-corrected chi connectivity index (χ3v) is 4.88. The summed E-state index contributed by atoms with van der Waals surface area (Å²) in [4.78, 5) is 1.27. The molecule has 18 heavy (non-hydrogen) atoms. The second-order valence-corrected chi connectivity index (χ2v) is 6.50. The van der Waals surface area contributed by atoms with Crippen molar-refractivity contribution in [2.24, 2.45) is 11.8 Å². The highest BCUT2D eigenvalue weighted by Crippen LogP contribution is 2.26. The zero-order valence-electron chi connectivity index (χ0n) is 10.3. The number of hydrogen-bond acceptors (Lipinski definition) is 4. The monoisotopic (exact) mass is 330 g/mol. The van der Waals surface area contributed by atoms with Crippen molar-refractivity contribution in [3.63, 3.8) is 0 Å². The molecule has 1 aliphatic heterocycles.